The van der Waals surface area contributed by atoms with Gasteiger partial charge in [0.05, 0.1) is 12.0 Å². The van der Waals surface area contributed by atoms with Gasteiger partial charge in [-0.3, -0.25) is 9.59 Å². The summed E-state index contributed by atoms with van der Waals surface area (Å²) < 4.78 is 0. The maximum absolute atomic E-state index is 11.9. The number of carbonyl (C=O) groups excluding carboxylic acids is 2. The first-order chi connectivity index (χ1) is 14.7. The zero-order valence-electron chi connectivity index (χ0n) is 16.2. The van der Waals surface area contributed by atoms with Gasteiger partial charge < -0.3 is 30.4 Å². The third-order valence-corrected chi connectivity index (χ3v) is 3.81. The lowest BCUT2D eigenvalue weighted by Gasteiger charge is -2.14. The lowest BCUT2D eigenvalue weighted by atomic mass is 10.1. The Morgan fingerprint density at radius 1 is 1.19 bits per heavy atom. The molecular formula is C15H22N6O10. The molecule has 0 unspecified atom stereocenters. The number of nitrogens with zero attached hydrogens (tertiary/aromatic N) is 3. The van der Waals surface area contributed by atoms with Crippen molar-refractivity contribution >= 4 is 17.8 Å². The first-order valence-corrected chi connectivity index (χ1v) is 9.02. The predicted molar refractivity (Wildman–Crippen MR) is 98.1 cm³/mol. The van der Waals surface area contributed by atoms with Crippen LogP contribution in [-0.2, 0) is 30.5 Å². The van der Waals surface area contributed by atoms with Crippen molar-refractivity contribution < 1.29 is 39.3 Å². The van der Waals surface area contributed by atoms with Gasteiger partial charge in [0.25, 0.3) is 10.2 Å². The SMILES string of the molecule is O=C(CCC[C@@H](CO[N+](=O)[O-])O[N+](=O)[O-])NCCC(=O)N[C@@H](Cc1c[nH]cn1)C(=O)O. The first-order valence-electron chi connectivity index (χ1n) is 9.02. The zero-order valence-corrected chi connectivity index (χ0v) is 16.2. The number of aromatic nitrogens is 2. The van der Waals surface area contributed by atoms with E-state index in [4.69, 9.17) is 0 Å². The number of carboxylic acid groups (broad SMARTS) is 1. The molecule has 1 aromatic rings. The van der Waals surface area contributed by atoms with Crippen LogP contribution < -0.4 is 10.6 Å². The summed E-state index contributed by atoms with van der Waals surface area (Å²) in [5, 5.41) is 32.3. The van der Waals surface area contributed by atoms with Crippen LogP contribution in [0.5, 0.6) is 0 Å². The first kappa shape index (κ1) is 25.1. The van der Waals surface area contributed by atoms with Gasteiger partial charge >= 0.3 is 5.97 Å². The second kappa shape index (κ2) is 13.3. The Hall–Kier alpha value is -3.98. The summed E-state index contributed by atoms with van der Waals surface area (Å²) in [6.07, 6.45) is 1.50. The number of aromatic amines is 1. The molecule has 4 N–H and O–H groups in total. The summed E-state index contributed by atoms with van der Waals surface area (Å²) in [5.41, 5.74) is 0.462. The van der Waals surface area contributed by atoms with E-state index in [2.05, 4.69) is 30.3 Å². The zero-order chi connectivity index (χ0) is 23.2. The van der Waals surface area contributed by atoms with Crippen LogP contribution in [0.2, 0.25) is 0 Å². The van der Waals surface area contributed by atoms with Crippen LogP contribution in [0, 0.1) is 20.2 Å². The second-order valence-corrected chi connectivity index (χ2v) is 6.19. The van der Waals surface area contributed by atoms with Gasteiger partial charge in [0, 0.05) is 32.0 Å². The summed E-state index contributed by atoms with van der Waals surface area (Å²) in [4.78, 5) is 70.3. The molecule has 1 heterocycles. The van der Waals surface area contributed by atoms with Crippen LogP contribution in [0.4, 0.5) is 0 Å². The molecule has 0 aliphatic carbocycles. The quantitative estimate of drug-likeness (QED) is 0.177. The van der Waals surface area contributed by atoms with Crippen molar-refractivity contribution in [2.45, 2.75) is 44.2 Å². The van der Waals surface area contributed by atoms with Crippen molar-refractivity contribution in [3.8, 4) is 0 Å². The third-order valence-electron chi connectivity index (χ3n) is 3.81. The van der Waals surface area contributed by atoms with Gasteiger partial charge in [0.15, 0.2) is 0 Å². The Morgan fingerprint density at radius 2 is 1.94 bits per heavy atom. The van der Waals surface area contributed by atoms with Crippen LogP contribution in [-0.4, -0.2) is 68.3 Å². The summed E-state index contributed by atoms with van der Waals surface area (Å²) in [6, 6.07) is -1.17. The van der Waals surface area contributed by atoms with E-state index in [0.717, 1.165) is 0 Å². The van der Waals surface area contributed by atoms with Crippen LogP contribution in [0.25, 0.3) is 0 Å². The van der Waals surface area contributed by atoms with Gasteiger partial charge in [-0.1, -0.05) is 0 Å². The van der Waals surface area contributed by atoms with Gasteiger partial charge in [0.2, 0.25) is 11.8 Å². The van der Waals surface area contributed by atoms with Gasteiger partial charge in [-0.2, -0.15) is 0 Å². The summed E-state index contributed by atoms with van der Waals surface area (Å²) in [5.74, 6) is -2.28. The van der Waals surface area contributed by atoms with E-state index < -0.39 is 46.7 Å². The fourth-order valence-electron chi connectivity index (χ4n) is 2.40. The highest BCUT2D eigenvalue weighted by atomic mass is 17.0. The van der Waals surface area contributed by atoms with E-state index in [9.17, 15) is 39.7 Å². The molecule has 2 atom stereocenters. The Labute approximate surface area is 174 Å². The Bertz CT molecular complexity index is 755. The molecule has 0 radical (unpaired) electrons. The van der Waals surface area contributed by atoms with E-state index in [1.165, 1.54) is 12.5 Å². The standard InChI is InChI=1S/C15H22N6O10/c22-13(3-1-2-11(31-21(28)29)8-30-20(26)27)17-5-4-14(23)19-12(15(24)25)6-10-7-16-9-18-10/h7,9,11-12H,1-6,8H2,(H,16,18)(H,17,22)(H,19,23)(H,24,25)/t11-,12-/m0/s1. The fraction of sp³-hybridized carbons (Fsp3) is 0.600. The van der Waals surface area contributed by atoms with E-state index >= 15 is 0 Å². The number of H-pyrrole nitrogens is 1. The molecule has 0 fully saturated rings. The van der Waals surface area contributed by atoms with Crippen molar-refractivity contribution in [3.63, 3.8) is 0 Å². The fourth-order valence-corrected chi connectivity index (χ4v) is 2.40. The van der Waals surface area contributed by atoms with Gasteiger partial charge in [-0.25, -0.2) is 9.78 Å². The number of rotatable bonds is 16. The van der Waals surface area contributed by atoms with Crippen molar-refractivity contribution in [2.75, 3.05) is 13.2 Å². The molecule has 0 aliphatic heterocycles. The van der Waals surface area contributed by atoms with Gasteiger partial charge in [-0.05, 0) is 12.8 Å². The minimum absolute atomic E-state index is 0.00944. The molecule has 0 spiro atoms. The van der Waals surface area contributed by atoms with Crippen LogP contribution in [0.1, 0.15) is 31.4 Å². The van der Waals surface area contributed by atoms with Gasteiger partial charge in [0.1, 0.15) is 18.8 Å². The number of carbonyl (C=O) groups is 3. The average molecular weight is 446 g/mol. The van der Waals surface area contributed by atoms with Crippen LogP contribution in [0.3, 0.4) is 0 Å². The molecule has 172 valence electrons. The van der Waals surface area contributed by atoms with Gasteiger partial charge in [-0.15, -0.1) is 20.2 Å². The minimum atomic E-state index is -1.23. The second-order valence-electron chi connectivity index (χ2n) is 6.19. The normalized spacial score (nSPS) is 12.3. The molecule has 16 heteroatoms. The molecule has 0 aliphatic rings. The molecule has 1 rings (SSSR count). The van der Waals surface area contributed by atoms with Crippen LogP contribution >= 0.6 is 0 Å². The van der Waals surface area contributed by atoms with Crippen molar-refractivity contribution in [3.05, 3.63) is 38.4 Å². The monoisotopic (exact) mass is 446 g/mol. The van der Waals surface area contributed by atoms with Crippen molar-refractivity contribution in [1.82, 2.24) is 20.6 Å². The highest BCUT2D eigenvalue weighted by Gasteiger charge is 2.21. The predicted octanol–water partition coefficient (Wildman–Crippen LogP) is -1.02. The van der Waals surface area contributed by atoms with Crippen molar-refractivity contribution in [1.29, 1.82) is 0 Å². The smallest absolute Gasteiger partial charge is 0.326 e. The molecule has 0 aromatic carbocycles. The topological polar surface area (TPSA) is 229 Å². The molecular weight excluding hydrogens is 424 g/mol. The van der Waals surface area contributed by atoms with Crippen LogP contribution in [0.15, 0.2) is 12.5 Å². The van der Waals surface area contributed by atoms with Crippen molar-refractivity contribution in [2.24, 2.45) is 0 Å². The molecule has 16 nitrogen and oxygen atoms in total. The molecule has 0 bridgehead atoms. The average Bonchev–Trinajstić information content (AvgIpc) is 3.18. The number of hydrogen-bond acceptors (Lipinski definition) is 10. The number of aliphatic carboxylic acids is 1. The molecule has 2 amide bonds. The number of imidazole rings is 1. The minimum Gasteiger partial charge on any atom is -0.480 e. The highest BCUT2D eigenvalue weighted by molar-refractivity contribution is 5.84. The third kappa shape index (κ3) is 11.6. The number of amides is 2. The molecule has 0 saturated heterocycles. The number of carboxylic acids is 1. The summed E-state index contributed by atoms with van der Waals surface area (Å²) >= 11 is 0. The maximum Gasteiger partial charge on any atom is 0.326 e. The Morgan fingerprint density at radius 3 is 2.52 bits per heavy atom. The largest absolute Gasteiger partial charge is 0.480 e. The van der Waals surface area contributed by atoms with E-state index in [-0.39, 0.29) is 38.6 Å². The molecule has 1 aromatic heterocycles. The Balaban J connectivity index is 2.28. The lowest BCUT2D eigenvalue weighted by Crippen LogP contribution is -2.43. The number of nitrogens with one attached hydrogen (secondary N) is 3. The van der Waals surface area contributed by atoms with E-state index in [0.29, 0.717) is 5.69 Å². The molecule has 0 saturated carbocycles. The Kier molecular flexibility index (Phi) is 10.7. The van der Waals surface area contributed by atoms with E-state index in [1.54, 1.807) is 0 Å². The lowest BCUT2D eigenvalue weighted by molar-refractivity contribution is -0.790. The maximum atomic E-state index is 11.9. The molecule has 31 heavy (non-hydrogen) atoms. The summed E-state index contributed by atoms with van der Waals surface area (Å²) in [7, 11) is 0. The van der Waals surface area contributed by atoms with E-state index in [1.807, 2.05) is 0 Å². The highest BCUT2D eigenvalue weighted by Crippen LogP contribution is 2.07. The number of hydrogen-bond donors (Lipinski definition) is 4. The summed E-state index contributed by atoms with van der Waals surface area (Å²) in [6.45, 7) is -0.711.